The molecule has 1 aromatic heterocycles. The number of anilines is 1. The van der Waals surface area contributed by atoms with Gasteiger partial charge in [0, 0.05) is 43.2 Å². The molecule has 9 nitrogen and oxygen atoms in total. The van der Waals surface area contributed by atoms with Gasteiger partial charge in [0.1, 0.15) is 6.10 Å². The molecule has 0 radical (unpaired) electrons. The molecule has 0 bridgehead atoms. The molecule has 2 N–H and O–H groups in total. The first kappa shape index (κ1) is 23.3. The molecule has 0 saturated carbocycles. The fourth-order valence-electron chi connectivity index (χ4n) is 4.68. The summed E-state index contributed by atoms with van der Waals surface area (Å²) in [6.45, 7) is 5.86. The van der Waals surface area contributed by atoms with Crippen molar-refractivity contribution in [3.05, 3.63) is 42.2 Å². The van der Waals surface area contributed by atoms with E-state index < -0.39 is 11.5 Å². The number of nitrogens with zero attached hydrogens (tertiary/aromatic N) is 4. The van der Waals surface area contributed by atoms with Gasteiger partial charge in [0.05, 0.1) is 32.9 Å². The molecule has 0 aliphatic carbocycles. The van der Waals surface area contributed by atoms with Crippen molar-refractivity contribution in [3.8, 4) is 11.5 Å². The van der Waals surface area contributed by atoms with E-state index in [1.807, 2.05) is 30.0 Å². The van der Waals surface area contributed by atoms with Gasteiger partial charge in [-0.2, -0.15) is 0 Å². The van der Waals surface area contributed by atoms with Crippen molar-refractivity contribution in [2.75, 3.05) is 44.8 Å². The Labute approximate surface area is 194 Å². The summed E-state index contributed by atoms with van der Waals surface area (Å²) in [7, 11) is 1.61. The summed E-state index contributed by atoms with van der Waals surface area (Å²) in [5.41, 5.74) is 0.464. The summed E-state index contributed by atoms with van der Waals surface area (Å²) in [6.07, 6.45) is 2.89. The summed E-state index contributed by atoms with van der Waals surface area (Å²) in [6, 6.07) is 7.60. The molecule has 3 heterocycles. The average Bonchev–Trinajstić information content (AvgIpc) is 3.15. The average molecular weight is 457 g/mol. The molecule has 1 amide bonds. The Morgan fingerprint density at radius 1 is 1.24 bits per heavy atom. The first-order chi connectivity index (χ1) is 15.9. The lowest BCUT2D eigenvalue weighted by Gasteiger charge is -2.39. The summed E-state index contributed by atoms with van der Waals surface area (Å²) >= 11 is 0. The number of aliphatic hydroxyl groups is 2. The number of hydrogen-bond donors (Lipinski definition) is 2. The number of carbonyl (C=O) groups is 1. The van der Waals surface area contributed by atoms with E-state index in [2.05, 4.69) is 9.97 Å². The van der Waals surface area contributed by atoms with Crippen LogP contribution in [0.4, 0.5) is 5.95 Å². The molecule has 1 aromatic carbocycles. The van der Waals surface area contributed by atoms with E-state index in [0.29, 0.717) is 43.6 Å². The fourth-order valence-corrected chi connectivity index (χ4v) is 4.68. The van der Waals surface area contributed by atoms with Crippen LogP contribution in [0.5, 0.6) is 11.5 Å². The van der Waals surface area contributed by atoms with Crippen LogP contribution in [-0.2, 0) is 4.79 Å². The predicted molar refractivity (Wildman–Crippen MR) is 122 cm³/mol. The molecule has 2 aromatic rings. The van der Waals surface area contributed by atoms with Crippen LogP contribution < -0.4 is 14.4 Å². The van der Waals surface area contributed by atoms with Crippen molar-refractivity contribution in [2.45, 2.75) is 38.4 Å². The van der Waals surface area contributed by atoms with Crippen molar-refractivity contribution in [2.24, 2.45) is 5.41 Å². The van der Waals surface area contributed by atoms with Gasteiger partial charge in [0.15, 0.2) is 11.5 Å². The Morgan fingerprint density at radius 3 is 2.61 bits per heavy atom. The van der Waals surface area contributed by atoms with Gasteiger partial charge < -0.3 is 29.5 Å². The van der Waals surface area contributed by atoms with Crippen molar-refractivity contribution < 1.29 is 24.5 Å². The van der Waals surface area contributed by atoms with Crippen LogP contribution in [0.25, 0.3) is 0 Å². The lowest BCUT2D eigenvalue weighted by Crippen LogP contribution is -2.54. The summed E-state index contributed by atoms with van der Waals surface area (Å²) in [5.74, 6) is 1.78. The minimum Gasteiger partial charge on any atom is -0.493 e. The topological polar surface area (TPSA) is 108 Å². The summed E-state index contributed by atoms with van der Waals surface area (Å²) in [5, 5.41) is 19.8. The Balaban J connectivity index is 1.52. The lowest BCUT2D eigenvalue weighted by atomic mass is 9.72. The van der Waals surface area contributed by atoms with E-state index in [1.54, 1.807) is 37.4 Å². The maximum Gasteiger partial charge on any atom is 0.225 e. The molecule has 9 heteroatoms. The van der Waals surface area contributed by atoms with E-state index >= 15 is 0 Å². The number of hydrogen-bond acceptors (Lipinski definition) is 8. The highest BCUT2D eigenvalue weighted by Gasteiger charge is 2.48. The van der Waals surface area contributed by atoms with Crippen molar-refractivity contribution in [1.82, 2.24) is 14.9 Å². The minimum atomic E-state index is -0.619. The fraction of sp³-hybridized carbons (Fsp3) is 0.542. The third-order valence-electron chi connectivity index (χ3n) is 6.93. The maximum absolute atomic E-state index is 12.5. The van der Waals surface area contributed by atoms with Crippen LogP contribution in [-0.4, -0.2) is 83.1 Å². The zero-order valence-electron chi connectivity index (χ0n) is 19.3. The molecule has 0 spiro atoms. The molecular weight excluding hydrogens is 424 g/mol. The quantitative estimate of drug-likeness (QED) is 0.615. The monoisotopic (exact) mass is 456 g/mol. The van der Waals surface area contributed by atoms with Crippen molar-refractivity contribution in [1.29, 1.82) is 0 Å². The molecule has 4 rings (SSSR count). The van der Waals surface area contributed by atoms with Gasteiger partial charge >= 0.3 is 0 Å². The highest BCUT2D eigenvalue weighted by Crippen LogP contribution is 2.47. The van der Waals surface area contributed by atoms with Crippen LogP contribution in [0.2, 0.25) is 0 Å². The third kappa shape index (κ3) is 4.60. The third-order valence-corrected chi connectivity index (χ3v) is 6.93. The maximum atomic E-state index is 12.5. The molecule has 2 saturated heterocycles. The normalized spacial score (nSPS) is 23.8. The second-order valence-electron chi connectivity index (χ2n) is 9.09. The van der Waals surface area contributed by atoms with Gasteiger partial charge in [-0.05, 0) is 30.7 Å². The number of rotatable bonds is 8. The van der Waals surface area contributed by atoms with Crippen LogP contribution in [0.1, 0.15) is 31.7 Å². The smallest absolute Gasteiger partial charge is 0.225 e. The van der Waals surface area contributed by atoms with Crippen LogP contribution in [0, 0.1) is 5.41 Å². The molecule has 2 aliphatic heterocycles. The highest BCUT2D eigenvalue weighted by atomic mass is 16.5. The number of carbonyl (C=O) groups excluding carboxylic acids is 1. The highest BCUT2D eigenvalue weighted by molar-refractivity contribution is 5.77. The molecular formula is C24H32N4O5. The number of ether oxygens (including phenoxy) is 2. The van der Waals surface area contributed by atoms with Crippen LogP contribution >= 0.6 is 0 Å². The van der Waals surface area contributed by atoms with Crippen molar-refractivity contribution >= 4 is 11.9 Å². The Bertz CT molecular complexity index is 967. The first-order valence-corrected chi connectivity index (χ1v) is 11.3. The van der Waals surface area contributed by atoms with E-state index in [0.717, 1.165) is 5.56 Å². The molecule has 2 aliphatic rings. The second-order valence-corrected chi connectivity index (χ2v) is 9.09. The molecule has 178 valence electrons. The van der Waals surface area contributed by atoms with Gasteiger partial charge in [-0.1, -0.05) is 13.0 Å². The molecule has 2 fully saturated rings. The Hall–Kier alpha value is -2.91. The van der Waals surface area contributed by atoms with Crippen molar-refractivity contribution in [3.63, 3.8) is 0 Å². The van der Waals surface area contributed by atoms with E-state index in [-0.39, 0.29) is 31.0 Å². The zero-order chi connectivity index (χ0) is 23.6. The Morgan fingerprint density at radius 2 is 1.97 bits per heavy atom. The Kier molecular flexibility index (Phi) is 6.71. The number of likely N-dealkylation sites (tertiary alicyclic amines) is 1. The molecule has 0 unspecified atom stereocenters. The predicted octanol–water partition coefficient (Wildman–Crippen LogP) is 1.45. The van der Waals surface area contributed by atoms with E-state index in [1.165, 1.54) is 0 Å². The molecule has 3 atom stereocenters. The van der Waals surface area contributed by atoms with Crippen LogP contribution in [0.15, 0.2) is 36.7 Å². The number of methoxy groups -OCH3 is 1. The minimum absolute atomic E-state index is 0.0210. The van der Waals surface area contributed by atoms with Gasteiger partial charge in [-0.15, -0.1) is 0 Å². The van der Waals surface area contributed by atoms with Crippen LogP contribution in [0.3, 0.4) is 0 Å². The van der Waals surface area contributed by atoms with E-state index in [9.17, 15) is 15.0 Å². The molecule has 33 heavy (non-hydrogen) atoms. The zero-order valence-corrected chi connectivity index (χ0v) is 19.3. The van der Waals surface area contributed by atoms with E-state index in [4.69, 9.17) is 9.47 Å². The number of amides is 1. The number of aliphatic hydroxyl groups excluding tert-OH is 2. The van der Waals surface area contributed by atoms with Gasteiger partial charge in [0.25, 0.3) is 0 Å². The SMILES string of the molecule is COc1ccc([C@@H]2CN(C(=O)CCO)C[C@@]2(C)[C@@H](C)O)cc1OC1CN(c2ncccn2)C1. The number of benzene rings is 1. The van der Waals surface area contributed by atoms with Gasteiger partial charge in [-0.3, -0.25) is 4.79 Å². The standard InChI is InChI=1S/C24H32N4O5/c1-16(30)24(2)15-28(22(31)7-10-29)14-19(24)17-5-6-20(32-3)21(11-17)33-18-12-27(13-18)23-25-8-4-9-26-23/h4-6,8-9,11,16,18-19,29-30H,7,10,12-15H2,1-3H3/t16-,19+,24+/m1/s1. The van der Waals surface area contributed by atoms with Gasteiger partial charge in [0.2, 0.25) is 11.9 Å². The number of aromatic nitrogens is 2. The lowest BCUT2D eigenvalue weighted by molar-refractivity contribution is -0.131. The largest absolute Gasteiger partial charge is 0.493 e. The second kappa shape index (κ2) is 9.52. The van der Waals surface area contributed by atoms with Gasteiger partial charge in [-0.25, -0.2) is 9.97 Å². The first-order valence-electron chi connectivity index (χ1n) is 11.3. The summed E-state index contributed by atoms with van der Waals surface area (Å²) < 4.78 is 11.8. The summed E-state index contributed by atoms with van der Waals surface area (Å²) in [4.78, 5) is 24.8.